The van der Waals surface area contributed by atoms with Crippen LogP contribution in [0.1, 0.15) is 5.56 Å². The van der Waals surface area contributed by atoms with Crippen molar-refractivity contribution < 1.29 is 14.3 Å². The number of nitrogens with zero attached hydrogens (tertiary/aromatic N) is 3. The molecule has 4 rings (SSSR count). The Morgan fingerprint density at radius 3 is 2.33 bits per heavy atom. The number of ether oxygens (including phenoxy) is 1. The molecule has 2 aliphatic rings. The van der Waals surface area contributed by atoms with E-state index in [2.05, 4.69) is 15.2 Å². The smallest absolute Gasteiger partial charge is 0.251 e. The van der Waals surface area contributed by atoms with Crippen LogP contribution in [0.15, 0.2) is 53.5 Å². The maximum atomic E-state index is 13.0. The lowest BCUT2D eigenvalue weighted by atomic mass is 10.1. The first kappa shape index (κ1) is 20.2. The molecule has 8 heteroatoms. The van der Waals surface area contributed by atoms with Crippen LogP contribution in [-0.4, -0.2) is 49.4 Å². The molecule has 154 valence electrons. The van der Waals surface area contributed by atoms with E-state index in [4.69, 9.17) is 17.0 Å². The van der Waals surface area contributed by atoms with Crippen LogP contribution in [0.2, 0.25) is 0 Å². The van der Waals surface area contributed by atoms with Crippen molar-refractivity contribution in [3.8, 4) is 0 Å². The van der Waals surface area contributed by atoms with E-state index in [9.17, 15) is 9.59 Å². The van der Waals surface area contributed by atoms with Crippen LogP contribution in [-0.2, 0) is 14.3 Å². The van der Waals surface area contributed by atoms with E-state index in [1.54, 1.807) is 12.1 Å². The Bertz CT molecular complexity index is 982. The number of carbonyl (C=O) groups is 2. The van der Waals surface area contributed by atoms with Crippen molar-refractivity contribution in [3.05, 3.63) is 54.1 Å². The summed E-state index contributed by atoms with van der Waals surface area (Å²) in [6, 6.07) is 15.1. The monoisotopic (exact) mass is 422 g/mol. The topological polar surface area (TPSA) is 74.2 Å². The minimum Gasteiger partial charge on any atom is -0.378 e. The van der Waals surface area contributed by atoms with Gasteiger partial charge in [0.05, 0.1) is 24.6 Å². The van der Waals surface area contributed by atoms with Gasteiger partial charge < -0.3 is 15.0 Å². The molecule has 1 atom stereocenters. The molecule has 2 aromatic carbocycles. The van der Waals surface area contributed by atoms with Crippen LogP contribution in [0.3, 0.4) is 0 Å². The Balaban J connectivity index is 1.50. The predicted octanol–water partition coefficient (Wildman–Crippen LogP) is 2.60. The van der Waals surface area contributed by atoms with Crippen molar-refractivity contribution >= 4 is 52.4 Å². The van der Waals surface area contributed by atoms with E-state index in [0.29, 0.717) is 11.4 Å². The van der Waals surface area contributed by atoms with Gasteiger partial charge in [0.2, 0.25) is 5.91 Å². The molecular formula is C22H22N4O3S. The van der Waals surface area contributed by atoms with Crippen molar-refractivity contribution in [3.63, 3.8) is 0 Å². The van der Waals surface area contributed by atoms with E-state index in [1.807, 2.05) is 43.3 Å². The highest BCUT2D eigenvalue weighted by Crippen LogP contribution is 2.23. The number of thiocarbonyl (C=S) groups is 1. The minimum absolute atomic E-state index is 0.0772. The highest BCUT2D eigenvalue weighted by molar-refractivity contribution is 7.80. The van der Waals surface area contributed by atoms with Crippen LogP contribution < -0.4 is 15.1 Å². The molecule has 0 radical (unpaired) electrons. The lowest BCUT2D eigenvalue weighted by Gasteiger charge is -2.31. The summed E-state index contributed by atoms with van der Waals surface area (Å²) in [6.45, 7) is 5.11. The van der Waals surface area contributed by atoms with Crippen molar-refractivity contribution in [2.75, 3.05) is 36.1 Å². The molecule has 0 saturated carbocycles. The highest BCUT2D eigenvalue weighted by Gasteiger charge is 2.38. The Kier molecular flexibility index (Phi) is 5.87. The molecule has 2 saturated heterocycles. The van der Waals surface area contributed by atoms with E-state index < -0.39 is 17.7 Å². The molecule has 0 bridgehead atoms. The molecule has 0 unspecified atom stereocenters. The van der Waals surface area contributed by atoms with E-state index in [0.717, 1.165) is 37.6 Å². The number of nitrogens with one attached hydrogen (secondary N) is 1. The van der Waals surface area contributed by atoms with Gasteiger partial charge in [-0.3, -0.25) is 19.5 Å². The van der Waals surface area contributed by atoms with Gasteiger partial charge in [-0.1, -0.05) is 17.7 Å². The van der Waals surface area contributed by atoms with Gasteiger partial charge in [-0.2, -0.15) is 0 Å². The molecule has 2 amide bonds. The third-order valence-corrected chi connectivity index (χ3v) is 5.38. The summed E-state index contributed by atoms with van der Waals surface area (Å²) < 4.78 is 5.38. The summed E-state index contributed by atoms with van der Waals surface area (Å²) in [5.41, 5.74) is 3.45. The number of hydrogen-bond donors (Lipinski definition) is 1. The van der Waals surface area contributed by atoms with Gasteiger partial charge >= 0.3 is 0 Å². The predicted molar refractivity (Wildman–Crippen MR) is 121 cm³/mol. The summed E-state index contributed by atoms with van der Waals surface area (Å²) in [6.07, 6.45) is 1.38. The second kappa shape index (κ2) is 8.73. The first-order chi connectivity index (χ1) is 14.5. The summed E-state index contributed by atoms with van der Waals surface area (Å²) in [4.78, 5) is 33.3. The zero-order chi connectivity index (χ0) is 21.1. The Morgan fingerprint density at radius 1 is 1.03 bits per heavy atom. The molecular weight excluding hydrogens is 400 g/mol. The lowest BCUT2D eigenvalue weighted by molar-refractivity contribution is -0.130. The van der Waals surface area contributed by atoms with E-state index >= 15 is 0 Å². The van der Waals surface area contributed by atoms with Gasteiger partial charge in [-0.25, -0.2) is 0 Å². The van der Waals surface area contributed by atoms with Gasteiger partial charge in [0.1, 0.15) is 0 Å². The number of aliphatic imine (C=N–C) groups is 1. The second-order valence-electron chi connectivity index (χ2n) is 7.18. The minimum atomic E-state index is -1.04. The molecule has 7 nitrogen and oxygen atoms in total. The molecule has 2 heterocycles. The number of carbonyl (C=O) groups excluding carboxylic acids is 2. The Morgan fingerprint density at radius 2 is 1.67 bits per heavy atom. The fraction of sp³-hybridized carbons (Fsp3) is 0.273. The van der Waals surface area contributed by atoms with Crippen LogP contribution in [0.5, 0.6) is 0 Å². The Hall–Kier alpha value is -3.10. The maximum absolute atomic E-state index is 13.0. The number of anilines is 2. The number of morpholine rings is 1. The summed E-state index contributed by atoms with van der Waals surface area (Å²) in [5, 5.41) is 2.68. The van der Waals surface area contributed by atoms with Crippen LogP contribution in [0.4, 0.5) is 17.1 Å². The van der Waals surface area contributed by atoms with Gasteiger partial charge in [-0.05, 0) is 55.5 Å². The zero-order valence-electron chi connectivity index (χ0n) is 16.6. The average Bonchev–Trinajstić information content (AvgIpc) is 2.76. The first-order valence-corrected chi connectivity index (χ1v) is 10.2. The molecule has 0 spiro atoms. The van der Waals surface area contributed by atoms with E-state index in [-0.39, 0.29) is 5.11 Å². The van der Waals surface area contributed by atoms with E-state index in [1.165, 1.54) is 11.1 Å². The SMILES string of the molecule is Cc1ccc(N2C(=O)[C@H](C=Nc3ccc(N4CCOCC4)cc3)C(=O)NC2=S)cc1. The molecule has 0 aliphatic carbocycles. The van der Waals surface area contributed by atoms with Gasteiger partial charge in [-0.15, -0.1) is 0 Å². The normalized spacial score (nSPS) is 20.0. The van der Waals surface area contributed by atoms with Crippen molar-refractivity contribution in [1.82, 2.24) is 5.32 Å². The summed E-state index contributed by atoms with van der Waals surface area (Å²) in [5.74, 6) is -1.93. The summed E-state index contributed by atoms with van der Waals surface area (Å²) >= 11 is 5.22. The fourth-order valence-corrected chi connectivity index (χ4v) is 3.69. The fourth-order valence-electron chi connectivity index (χ4n) is 3.39. The molecule has 0 aromatic heterocycles. The number of hydrogen-bond acceptors (Lipinski definition) is 6. The van der Waals surface area contributed by atoms with Crippen molar-refractivity contribution in [2.45, 2.75) is 6.92 Å². The standard InChI is InChI=1S/C22H22N4O3S/c1-15-2-6-18(7-3-15)26-21(28)19(20(27)24-22(26)30)14-23-16-4-8-17(9-5-16)25-10-12-29-13-11-25/h2-9,14,19H,10-13H2,1H3,(H,24,27,30)/t19-/m1/s1. The number of rotatable bonds is 4. The molecule has 2 aliphatic heterocycles. The lowest BCUT2D eigenvalue weighted by Crippen LogP contribution is -2.58. The summed E-state index contributed by atoms with van der Waals surface area (Å²) in [7, 11) is 0. The molecule has 2 aromatic rings. The maximum Gasteiger partial charge on any atom is 0.251 e. The second-order valence-corrected chi connectivity index (χ2v) is 7.56. The van der Waals surface area contributed by atoms with Crippen molar-refractivity contribution in [2.24, 2.45) is 10.9 Å². The average molecular weight is 423 g/mol. The van der Waals surface area contributed by atoms with Gasteiger partial charge in [0.25, 0.3) is 5.91 Å². The Labute approximate surface area is 180 Å². The largest absolute Gasteiger partial charge is 0.378 e. The van der Waals surface area contributed by atoms with Gasteiger partial charge in [0, 0.05) is 25.0 Å². The van der Waals surface area contributed by atoms with Gasteiger partial charge in [0.15, 0.2) is 11.0 Å². The van der Waals surface area contributed by atoms with Crippen LogP contribution in [0, 0.1) is 12.8 Å². The quantitative estimate of drug-likeness (QED) is 0.466. The van der Waals surface area contributed by atoms with Crippen molar-refractivity contribution in [1.29, 1.82) is 0 Å². The first-order valence-electron chi connectivity index (χ1n) is 9.75. The number of amides is 2. The zero-order valence-corrected chi connectivity index (χ0v) is 17.4. The van der Waals surface area contributed by atoms with Crippen LogP contribution >= 0.6 is 12.2 Å². The molecule has 30 heavy (non-hydrogen) atoms. The molecule has 1 N–H and O–H groups in total. The number of aryl methyl sites for hydroxylation is 1. The number of benzene rings is 2. The third-order valence-electron chi connectivity index (χ3n) is 5.09. The molecule has 2 fully saturated rings. The highest BCUT2D eigenvalue weighted by atomic mass is 32.1. The van der Waals surface area contributed by atoms with Crippen LogP contribution in [0.25, 0.3) is 0 Å². The third kappa shape index (κ3) is 4.24.